The zero-order valence-corrected chi connectivity index (χ0v) is 10.8. The van der Waals surface area contributed by atoms with Crippen molar-refractivity contribution < 1.29 is 23.1 Å². The number of alkyl halides is 3. The van der Waals surface area contributed by atoms with Gasteiger partial charge in [-0.2, -0.15) is 13.2 Å². The van der Waals surface area contributed by atoms with Crippen LogP contribution in [-0.2, 0) is 6.18 Å². The number of anilines is 2. The minimum absolute atomic E-state index is 0.0257. The number of carboxylic acid groups (broad SMARTS) is 1. The van der Waals surface area contributed by atoms with Gasteiger partial charge in [0.05, 0.1) is 11.3 Å². The topological polar surface area (TPSA) is 75.1 Å². The Bertz CT molecular complexity index is 669. The van der Waals surface area contributed by atoms with Crippen molar-refractivity contribution in [3.05, 3.63) is 47.4 Å². The molecule has 0 bridgehead atoms. The SMILES string of the molecule is Cc1cnc(C(=O)O)c(Nc2ccc(C(F)(F)F)cc2)n1. The molecule has 0 aliphatic rings. The fraction of sp³-hybridized carbons (Fsp3) is 0.154. The minimum Gasteiger partial charge on any atom is -0.476 e. The monoisotopic (exact) mass is 297 g/mol. The van der Waals surface area contributed by atoms with Gasteiger partial charge in [-0.3, -0.25) is 0 Å². The highest BCUT2D eigenvalue weighted by Gasteiger charge is 2.30. The highest BCUT2D eigenvalue weighted by atomic mass is 19.4. The van der Waals surface area contributed by atoms with Crippen LogP contribution < -0.4 is 5.32 Å². The first-order valence-corrected chi connectivity index (χ1v) is 5.78. The molecule has 0 unspecified atom stereocenters. The van der Waals surface area contributed by atoms with Crippen molar-refractivity contribution in [1.82, 2.24) is 9.97 Å². The molecule has 21 heavy (non-hydrogen) atoms. The second-order valence-electron chi connectivity index (χ2n) is 4.21. The maximum Gasteiger partial charge on any atom is 0.416 e. The van der Waals surface area contributed by atoms with Crippen molar-refractivity contribution >= 4 is 17.5 Å². The molecule has 0 aliphatic carbocycles. The lowest BCUT2D eigenvalue weighted by molar-refractivity contribution is -0.137. The molecule has 2 aromatic rings. The molecule has 0 spiro atoms. The predicted octanol–water partition coefficient (Wildman–Crippen LogP) is 3.25. The number of aryl methyl sites for hydroxylation is 1. The number of aromatic carboxylic acids is 1. The van der Waals surface area contributed by atoms with E-state index in [1.165, 1.54) is 18.3 Å². The Balaban J connectivity index is 2.30. The summed E-state index contributed by atoms with van der Waals surface area (Å²) in [6, 6.07) is 4.18. The van der Waals surface area contributed by atoms with Crippen molar-refractivity contribution in [2.75, 3.05) is 5.32 Å². The van der Waals surface area contributed by atoms with Crippen LogP contribution in [0.2, 0.25) is 0 Å². The van der Waals surface area contributed by atoms with E-state index in [-0.39, 0.29) is 17.2 Å². The lowest BCUT2D eigenvalue weighted by atomic mass is 10.2. The van der Waals surface area contributed by atoms with Crippen LogP contribution >= 0.6 is 0 Å². The van der Waals surface area contributed by atoms with Crippen molar-refractivity contribution in [2.24, 2.45) is 0 Å². The maximum absolute atomic E-state index is 12.4. The number of hydrogen-bond donors (Lipinski definition) is 2. The van der Waals surface area contributed by atoms with E-state index in [0.29, 0.717) is 5.69 Å². The van der Waals surface area contributed by atoms with Gasteiger partial charge in [0.15, 0.2) is 11.5 Å². The predicted molar refractivity (Wildman–Crippen MR) is 68.5 cm³/mol. The molecule has 1 aromatic heterocycles. The van der Waals surface area contributed by atoms with Crippen molar-refractivity contribution in [3.63, 3.8) is 0 Å². The highest BCUT2D eigenvalue weighted by molar-refractivity contribution is 5.91. The number of carbonyl (C=O) groups is 1. The van der Waals surface area contributed by atoms with E-state index in [4.69, 9.17) is 5.11 Å². The van der Waals surface area contributed by atoms with E-state index in [2.05, 4.69) is 15.3 Å². The van der Waals surface area contributed by atoms with Crippen LogP contribution in [0.3, 0.4) is 0 Å². The van der Waals surface area contributed by atoms with Gasteiger partial charge in [0.2, 0.25) is 0 Å². The Morgan fingerprint density at radius 2 is 1.86 bits per heavy atom. The van der Waals surface area contributed by atoms with Gasteiger partial charge in [0, 0.05) is 11.9 Å². The van der Waals surface area contributed by atoms with E-state index >= 15 is 0 Å². The van der Waals surface area contributed by atoms with Gasteiger partial charge in [-0.25, -0.2) is 14.8 Å². The summed E-state index contributed by atoms with van der Waals surface area (Å²) in [7, 11) is 0. The summed E-state index contributed by atoms with van der Waals surface area (Å²) in [5.74, 6) is -1.31. The number of halogens is 3. The zero-order valence-electron chi connectivity index (χ0n) is 10.8. The average molecular weight is 297 g/mol. The van der Waals surface area contributed by atoms with Crippen LogP contribution in [0, 0.1) is 6.92 Å². The summed E-state index contributed by atoms with van der Waals surface area (Å²) >= 11 is 0. The van der Waals surface area contributed by atoms with E-state index in [1.807, 2.05) is 0 Å². The summed E-state index contributed by atoms with van der Waals surface area (Å²) in [5.41, 5.74) is -0.331. The van der Waals surface area contributed by atoms with Gasteiger partial charge < -0.3 is 10.4 Å². The molecular weight excluding hydrogens is 287 g/mol. The number of nitrogens with zero attached hydrogens (tertiary/aromatic N) is 2. The molecule has 0 fully saturated rings. The first-order chi connectivity index (χ1) is 9.77. The molecule has 0 atom stereocenters. The minimum atomic E-state index is -4.42. The van der Waals surface area contributed by atoms with Crippen molar-refractivity contribution in [1.29, 1.82) is 0 Å². The number of aromatic nitrogens is 2. The summed E-state index contributed by atoms with van der Waals surface area (Å²) in [6.45, 7) is 1.62. The summed E-state index contributed by atoms with van der Waals surface area (Å²) < 4.78 is 37.3. The molecule has 110 valence electrons. The number of hydrogen-bond acceptors (Lipinski definition) is 4. The Morgan fingerprint density at radius 3 is 2.38 bits per heavy atom. The Labute approximate surface area is 117 Å². The Kier molecular flexibility index (Phi) is 3.79. The van der Waals surface area contributed by atoms with E-state index in [1.54, 1.807) is 6.92 Å². The number of benzene rings is 1. The van der Waals surface area contributed by atoms with Crippen molar-refractivity contribution in [2.45, 2.75) is 13.1 Å². The smallest absolute Gasteiger partial charge is 0.416 e. The summed E-state index contributed by atoms with van der Waals surface area (Å²) in [5, 5.41) is 11.6. The number of carboxylic acids is 1. The van der Waals surface area contributed by atoms with Gasteiger partial charge in [0.25, 0.3) is 0 Å². The van der Waals surface area contributed by atoms with Crippen LogP contribution in [0.4, 0.5) is 24.7 Å². The number of rotatable bonds is 3. The molecule has 0 saturated carbocycles. The van der Waals surface area contributed by atoms with Crippen LogP contribution in [0.15, 0.2) is 30.5 Å². The Hall–Kier alpha value is -2.64. The lowest BCUT2D eigenvalue weighted by Gasteiger charge is -2.10. The molecule has 0 aliphatic heterocycles. The first-order valence-electron chi connectivity index (χ1n) is 5.78. The van der Waals surface area contributed by atoms with E-state index < -0.39 is 17.7 Å². The van der Waals surface area contributed by atoms with Gasteiger partial charge in [-0.05, 0) is 31.2 Å². The second-order valence-corrected chi connectivity index (χ2v) is 4.21. The van der Waals surface area contributed by atoms with E-state index in [9.17, 15) is 18.0 Å². The Morgan fingerprint density at radius 1 is 1.24 bits per heavy atom. The quantitative estimate of drug-likeness (QED) is 0.909. The van der Waals surface area contributed by atoms with Crippen LogP contribution in [0.1, 0.15) is 21.7 Å². The molecule has 8 heteroatoms. The van der Waals surface area contributed by atoms with Crippen LogP contribution in [-0.4, -0.2) is 21.0 Å². The molecular formula is C13H10F3N3O2. The molecule has 1 aromatic carbocycles. The van der Waals surface area contributed by atoms with Gasteiger partial charge in [0.1, 0.15) is 0 Å². The first kappa shape index (κ1) is 14.8. The largest absolute Gasteiger partial charge is 0.476 e. The molecule has 5 nitrogen and oxygen atoms in total. The molecule has 2 rings (SSSR count). The van der Waals surface area contributed by atoms with Crippen LogP contribution in [0.5, 0.6) is 0 Å². The zero-order chi connectivity index (χ0) is 15.6. The fourth-order valence-electron chi connectivity index (χ4n) is 1.60. The standard InChI is InChI=1S/C13H10F3N3O2/c1-7-6-17-10(12(20)21)11(18-7)19-9-4-2-8(3-5-9)13(14,15)16/h2-6H,1H3,(H,18,19)(H,20,21). The average Bonchev–Trinajstić information content (AvgIpc) is 2.38. The molecule has 0 radical (unpaired) electrons. The van der Waals surface area contributed by atoms with Crippen molar-refractivity contribution in [3.8, 4) is 0 Å². The third-order valence-electron chi connectivity index (χ3n) is 2.57. The molecule has 1 heterocycles. The van der Waals surface area contributed by atoms with Crippen LogP contribution in [0.25, 0.3) is 0 Å². The number of nitrogens with one attached hydrogen (secondary N) is 1. The normalized spacial score (nSPS) is 11.2. The van der Waals surface area contributed by atoms with Gasteiger partial charge >= 0.3 is 12.1 Å². The third kappa shape index (κ3) is 3.47. The summed E-state index contributed by atoms with van der Waals surface area (Å²) in [6.07, 6.45) is -3.13. The van der Waals surface area contributed by atoms with Gasteiger partial charge in [-0.1, -0.05) is 0 Å². The third-order valence-corrected chi connectivity index (χ3v) is 2.57. The molecule has 2 N–H and O–H groups in total. The summed E-state index contributed by atoms with van der Waals surface area (Å²) in [4.78, 5) is 18.7. The molecule has 0 saturated heterocycles. The molecule has 0 amide bonds. The maximum atomic E-state index is 12.4. The van der Waals surface area contributed by atoms with Gasteiger partial charge in [-0.15, -0.1) is 0 Å². The fourth-order valence-corrected chi connectivity index (χ4v) is 1.60. The highest BCUT2D eigenvalue weighted by Crippen LogP contribution is 2.30. The lowest BCUT2D eigenvalue weighted by Crippen LogP contribution is -2.09. The second kappa shape index (κ2) is 5.39. The van der Waals surface area contributed by atoms with E-state index in [0.717, 1.165) is 12.1 Å².